The molecule has 0 aromatic rings. The maximum absolute atomic E-state index is 13.0. The highest BCUT2D eigenvalue weighted by Gasteiger charge is 2.86. The van der Waals surface area contributed by atoms with Gasteiger partial charge in [0, 0.05) is 0 Å². The van der Waals surface area contributed by atoms with Crippen molar-refractivity contribution in [3.63, 3.8) is 0 Å². The lowest BCUT2D eigenvalue weighted by molar-refractivity contribution is -0.383. The molecule has 0 aliphatic rings. The first-order valence-corrected chi connectivity index (χ1v) is 6.24. The molecule has 1 unspecified atom stereocenters. The summed E-state index contributed by atoms with van der Waals surface area (Å²) in [6.07, 6.45) is -15.1. The number of hydrogen-bond acceptors (Lipinski definition) is 3. The molecule has 0 N–H and O–H groups in total. The molecule has 1 atom stereocenters. The van der Waals surface area contributed by atoms with Crippen LogP contribution in [0.4, 0.5) is 52.7 Å². The third-order valence-corrected chi connectivity index (χ3v) is 3.50. The summed E-state index contributed by atoms with van der Waals surface area (Å²) in [7, 11) is -7.50. The van der Waals surface area contributed by atoms with Gasteiger partial charge in [-0.2, -0.15) is 47.9 Å². The van der Waals surface area contributed by atoms with Crippen LogP contribution in [-0.4, -0.2) is 50.9 Å². The van der Waals surface area contributed by atoms with Crippen LogP contribution in [0, 0.1) is 0 Å². The molecule has 16 heteroatoms. The van der Waals surface area contributed by atoms with Crippen molar-refractivity contribution in [1.82, 2.24) is 0 Å². The van der Waals surface area contributed by atoms with Crippen molar-refractivity contribution in [3.05, 3.63) is 0 Å². The molecule has 0 radical (unpaired) electrons. The van der Waals surface area contributed by atoms with E-state index >= 15 is 0 Å². The van der Waals surface area contributed by atoms with Crippen molar-refractivity contribution in [2.45, 2.75) is 35.8 Å². The molecule has 0 aliphatic carbocycles. The van der Waals surface area contributed by atoms with Gasteiger partial charge >= 0.3 is 33.4 Å². The van der Waals surface area contributed by atoms with Crippen molar-refractivity contribution in [2.75, 3.05) is 6.67 Å². The Labute approximate surface area is 119 Å². The smallest absolute Gasteiger partial charge is 0.253 e. The fourth-order valence-electron chi connectivity index (χ4n) is 0.876. The van der Waals surface area contributed by atoms with Gasteiger partial charge in [-0.25, -0.2) is 13.2 Å². The van der Waals surface area contributed by atoms with E-state index in [2.05, 4.69) is 4.18 Å². The predicted octanol–water partition coefficient (Wildman–Crippen LogP) is 3.36. The minimum absolute atomic E-state index is 2.55. The maximum atomic E-state index is 13.0. The Hall–Kier alpha value is -0.930. The topological polar surface area (TPSA) is 43.4 Å². The number of rotatable bonds is 7. The van der Waals surface area contributed by atoms with Crippen LogP contribution in [0.3, 0.4) is 0 Å². The average Bonchev–Trinajstić information content (AvgIpc) is 2.33. The second kappa shape index (κ2) is 6.18. The zero-order valence-corrected chi connectivity index (χ0v) is 10.8. The molecule has 0 saturated heterocycles. The van der Waals surface area contributed by atoms with Crippen molar-refractivity contribution < 1.29 is 65.3 Å². The molecule has 140 valence electrons. The van der Waals surface area contributed by atoms with Crippen molar-refractivity contribution >= 4 is 10.1 Å². The Morgan fingerprint density at radius 3 is 1.48 bits per heavy atom. The molecule has 0 fully saturated rings. The van der Waals surface area contributed by atoms with Crippen LogP contribution in [0.2, 0.25) is 0 Å². The van der Waals surface area contributed by atoms with Gasteiger partial charge in [0.05, 0.1) is 0 Å². The van der Waals surface area contributed by atoms with Crippen molar-refractivity contribution in [3.8, 4) is 0 Å². The molecule has 0 rings (SSSR count). The fourth-order valence-corrected chi connectivity index (χ4v) is 1.90. The standard InChI is InChI=1S/C7H4F12O3S/c8-1-2(3(9)10)22-23(20,21)7(18,19)5(13,14)4(11,12)6(15,16)17/h2-3H,1H2. The van der Waals surface area contributed by atoms with Crippen molar-refractivity contribution in [2.24, 2.45) is 0 Å². The van der Waals surface area contributed by atoms with E-state index in [0.717, 1.165) is 0 Å². The molecule has 0 saturated carbocycles. The van der Waals surface area contributed by atoms with E-state index in [1.54, 1.807) is 0 Å². The van der Waals surface area contributed by atoms with Crippen LogP contribution < -0.4 is 0 Å². The number of alkyl halides is 12. The molecular weight excluding hydrogens is 392 g/mol. The van der Waals surface area contributed by atoms with Gasteiger partial charge in [0.1, 0.15) is 6.67 Å². The third kappa shape index (κ3) is 3.61. The first-order valence-electron chi connectivity index (χ1n) is 4.84. The highest BCUT2D eigenvalue weighted by Crippen LogP contribution is 2.55. The lowest BCUT2D eigenvalue weighted by Crippen LogP contribution is -2.63. The predicted molar refractivity (Wildman–Crippen MR) is 46.7 cm³/mol. The van der Waals surface area contributed by atoms with Crippen LogP contribution in [0.25, 0.3) is 0 Å². The summed E-state index contributed by atoms with van der Waals surface area (Å²) in [5, 5.41) is -7.30. The minimum Gasteiger partial charge on any atom is -0.253 e. The van der Waals surface area contributed by atoms with E-state index in [9.17, 15) is 61.1 Å². The Balaban J connectivity index is 5.95. The molecule has 0 aliphatic heterocycles. The van der Waals surface area contributed by atoms with Gasteiger partial charge in [0.2, 0.25) is 0 Å². The maximum Gasteiger partial charge on any atom is 0.460 e. The van der Waals surface area contributed by atoms with Gasteiger partial charge in [-0.05, 0) is 0 Å². The monoisotopic (exact) mass is 396 g/mol. The molecule has 3 nitrogen and oxygen atoms in total. The van der Waals surface area contributed by atoms with E-state index < -0.39 is 52.6 Å². The second-order valence-corrected chi connectivity index (χ2v) is 5.35. The lowest BCUT2D eigenvalue weighted by Gasteiger charge is -2.33. The Morgan fingerprint density at radius 2 is 1.22 bits per heavy atom. The summed E-state index contributed by atoms with van der Waals surface area (Å²) in [6, 6.07) is 0. The molecule has 0 amide bonds. The zero-order valence-electron chi connectivity index (χ0n) is 10.0. The first-order chi connectivity index (χ1) is 9.87. The summed E-state index contributed by atoms with van der Waals surface area (Å²) < 4.78 is 171. The van der Waals surface area contributed by atoms with Gasteiger partial charge in [-0.15, -0.1) is 0 Å². The molecule has 0 heterocycles. The molecule has 23 heavy (non-hydrogen) atoms. The first kappa shape index (κ1) is 22.1. The van der Waals surface area contributed by atoms with Gasteiger partial charge in [0.25, 0.3) is 6.43 Å². The lowest BCUT2D eigenvalue weighted by atomic mass is 10.1. The van der Waals surface area contributed by atoms with E-state index in [0.29, 0.717) is 0 Å². The van der Waals surface area contributed by atoms with Crippen LogP contribution in [-0.2, 0) is 14.3 Å². The molecule has 0 spiro atoms. The molecule has 0 aromatic heterocycles. The van der Waals surface area contributed by atoms with Crippen LogP contribution in [0.5, 0.6) is 0 Å². The van der Waals surface area contributed by atoms with E-state index in [1.807, 2.05) is 0 Å². The largest absolute Gasteiger partial charge is 0.460 e. The summed E-state index contributed by atoms with van der Waals surface area (Å²) in [4.78, 5) is 0. The molecular formula is C7H4F12O3S. The summed E-state index contributed by atoms with van der Waals surface area (Å²) >= 11 is 0. The van der Waals surface area contributed by atoms with Crippen LogP contribution >= 0.6 is 0 Å². The Morgan fingerprint density at radius 1 is 0.826 bits per heavy atom. The van der Waals surface area contributed by atoms with E-state index in [-0.39, 0.29) is 0 Å². The van der Waals surface area contributed by atoms with Gasteiger partial charge in [-0.1, -0.05) is 0 Å². The quantitative estimate of drug-likeness (QED) is 0.490. The summed E-state index contributed by atoms with van der Waals surface area (Å²) in [5.74, 6) is -15.2. The number of hydrogen-bond donors (Lipinski definition) is 0. The second-order valence-electron chi connectivity index (χ2n) is 3.74. The fraction of sp³-hybridized carbons (Fsp3) is 1.00. The van der Waals surface area contributed by atoms with E-state index in [4.69, 9.17) is 0 Å². The van der Waals surface area contributed by atoms with Crippen LogP contribution in [0.1, 0.15) is 0 Å². The van der Waals surface area contributed by atoms with Gasteiger partial charge in [-0.3, -0.25) is 4.18 Å². The molecule has 0 aromatic carbocycles. The normalized spacial score (nSPS) is 16.7. The summed E-state index contributed by atoms with van der Waals surface area (Å²) in [5.41, 5.74) is 0. The SMILES string of the molecule is O=S(=O)(OC(CF)C(F)F)C(F)(F)C(F)(F)C(F)(F)C(F)(F)F. The van der Waals surface area contributed by atoms with E-state index in [1.165, 1.54) is 0 Å². The van der Waals surface area contributed by atoms with Crippen molar-refractivity contribution in [1.29, 1.82) is 0 Å². The Bertz CT molecular complexity index is 509. The highest BCUT2D eigenvalue weighted by molar-refractivity contribution is 7.87. The highest BCUT2D eigenvalue weighted by atomic mass is 32.2. The minimum atomic E-state index is -7.64. The van der Waals surface area contributed by atoms with Gasteiger partial charge < -0.3 is 0 Å². The molecule has 0 bridgehead atoms. The zero-order chi connectivity index (χ0) is 19.1. The third-order valence-electron chi connectivity index (χ3n) is 2.11. The number of halogens is 12. The van der Waals surface area contributed by atoms with Crippen LogP contribution in [0.15, 0.2) is 0 Å². The average molecular weight is 396 g/mol. The Kier molecular flexibility index (Phi) is 5.93. The van der Waals surface area contributed by atoms with Gasteiger partial charge in [0.15, 0.2) is 6.10 Å². The summed E-state index contributed by atoms with van der Waals surface area (Å²) in [6.45, 7) is -2.55.